The molecule has 1 heterocycles. The third-order valence-corrected chi connectivity index (χ3v) is 2.76. The summed E-state index contributed by atoms with van der Waals surface area (Å²) in [5.41, 5.74) is -0.00645. The molecule has 0 aliphatic heterocycles. The van der Waals surface area contributed by atoms with Crippen molar-refractivity contribution in [3.8, 4) is 0 Å². The number of nitrogens with zero attached hydrogens (tertiary/aromatic N) is 1. The second-order valence-corrected chi connectivity index (χ2v) is 4.05. The number of aromatic nitrogens is 1. The molecule has 1 aromatic rings. The molecule has 2 atom stereocenters. The summed E-state index contributed by atoms with van der Waals surface area (Å²) in [5, 5.41) is 21.5. The molecule has 94 valence electrons. The van der Waals surface area contributed by atoms with E-state index in [1.165, 1.54) is 6.07 Å². The van der Waals surface area contributed by atoms with Gasteiger partial charge in [0.2, 0.25) is 0 Å². The number of hydrogen-bond acceptors (Lipinski definition) is 4. The molecule has 0 amide bonds. The monoisotopic (exact) mass is 238 g/mol. The molecule has 0 aliphatic carbocycles. The fourth-order valence-corrected chi connectivity index (χ4v) is 1.33. The van der Waals surface area contributed by atoms with Crippen LogP contribution in [-0.4, -0.2) is 33.8 Å². The number of nitrogens with one attached hydrogen (secondary N) is 1. The summed E-state index contributed by atoms with van der Waals surface area (Å²) in [6.07, 6.45) is 0.432. The first-order valence-electron chi connectivity index (χ1n) is 5.67. The lowest BCUT2D eigenvalue weighted by Crippen LogP contribution is -2.26. The van der Waals surface area contributed by atoms with Gasteiger partial charge in [0.1, 0.15) is 5.82 Å². The van der Waals surface area contributed by atoms with Crippen molar-refractivity contribution in [3.05, 3.63) is 23.9 Å². The zero-order chi connectivity index (χ0) is 12.8. The van der Waals surface area contributed by atoms with Crippen LogP contribution in [-0.2, 0) is 0 Å². The average molecular weight is 238 g/mol. The van der Waals surface area contributed by atoms with Gasteiger partial charge < -0.3 is 15.5 Å². The number of anilines is 1. The van der Waals surface area contributed by atoms with E-state index in [9.17, 15) is 9.90 Å². The Morgan fingerprint density at radius 2 is 2.24 bits per heavy atom. The lowest BCUT2D eigenvalue weighted by Gasteiger charge is -2.17. The van der Waals surface area contributed by atoms with Gasteiger partial charge in [0, 0.05) is 6.54 Å². The molecular weight excluding hydrogens is 220 g/mol. The van der Waals surface area contributed by atoms with Crippen molar-refractivity contribution in [2.24, 2.45) is 5.92 Å². The molecule has 5 heteroatoms. The van der Waals surface area contributed by atoms with Crippen molar-refractivity contribution in [2.45, 2.75) is 26.4 Å². The Morgan fingerprint density at radius 3 is 2.82 bits per heavy atom. The summed E-state index contributed by atoms with van der Waals surface area (Å²) in [4.78, 5) is 14.6. The van der Waals surface area contributed by atoms with Crippen LogP contribution in [0.15, 0.2) is 18.2 Å². The van der Waals surface area contributed by atoms with Crippen LogP contribution in [0.5, 0.6) is 0 Å². The van der Waals surface area contributed by atoms with Gasteiger partial charge in [0.15, 0.2) is 5.69 Å². The van der Waals surface area contributed by atoms with Crippen LogP contribution in [0.1, 0.15) is 30.8 Å². The van der Waals surface area contributed by atoms with Gasteiger partial charge in [0.25, 0.3) is 0 Å². The Balaban J connectivity index is 2.57. The van der Waals surface area contributed by atoms with E-state index in [1.807, 2.05) is 13.8 Å². The van der Waals surface area contributed by atoms with Gasteiger partial charge in [-0.25, -0.2) is 9.78 Å². The Labute approximate surface area is 101 Å². The third-order valence-electron chi connectivity index (χ3n) is 2.76. The molecule has 0 saturated carbocycles. The maximum absolute atomic E-state index is 10.7. The van der Waals surface area contributed by atoms with E-state index in [2.05, 4.69) is 10.3 Å². The number of hydrogen-bond donors (Lipinski definition) is 3. The SMILES string of the molecule is CCC(C)C(O)CNc1cccc(C(=O)O)n1. The minimum absolute atomic E-state index is 0.00645. The molecule has 17 heavy (non-hydrogen) atoms. The number of pyridine rings is 1. The number of aliphatic hydroxyl groups is 1. The van der Waals surface area contributed by atoms with Crippen molar-refractivity contribution < 1.29 is 15.0 Å². The second kappa shape index (κ2) is 6.20. The second-order valence-electron chi connectivity index (χ2n) is 4.05. The fourth-order valence-electron chi connectivity index (χ4n) is 1.33. The summed E-state index contributed by atoms with van der Waals surface area (Å²) < 4.78 is 0. The van der Waals surface area contributed by atoms with Gasteiger partial charge in [-0.3, -0.25) is 0 Å². The first-order chi connectivity index (χ1) is 8.04. The molecule has 0 aromatic carbocycles. The molecule has 0 bridgehead atoms. The first-order valence-corrected chi connectivity index (χ1v) is 5.67. The van der Waals surface area contributed by atoms with Crippen LogP contribution < -0.4 is 5.32 Å². The molecule has 3 N–H and O–H groups in total. The normalized spacial score (nSPS) is 14.1. The van der Waals surface area contributed by atoms with E-state index >= 15 is 0 Å². The van der Waals surface area contributed by atoms with E-state index in [0.29, 0.717) is 12.4 Å². The molecule has 0 saturated heterocycles. The number of carbonyl (C=O) groups is 1. The molecule has 5 nitrogen and oxygen atoms in total. The predicted octanol–water partition coefficient (Wildman–Crippen LogP) is 1.60. The predicted molar refractivity (Wildman–Crippen MR) is 65.1 cm³/mol. The molecule has 2 unspecified atom stereocenters. The average Bonchev–Trinajstić information content (AvgIpc) is 2.35. The van der Waals surface area contributed by atoms with Gasteiger partial charge >= 0.3 is 5.97 Å². The van der Waals surface area contributed by atoms with E-state index in [-0.39, 0.29) is 11.6 Å². The lowest BCUT2D eigenvalue weighted by molar-refractivity contribution is 0.0690. The summed E-state index contributed by atoms with van der Waals surface area (Å²) in [6.45, 7) is 4.34. The fraction of sp³-hybridized carbons (Fsp3) is 0.500. The molecule has 0 radical (unpaired) electrons. The summed E-state index contributed by atoms with van der Waals surface area (Å²) in [6, 6.07) is 4.72. The van der Waals surface area contributed by atoms with Crippen LogP contribution in [0.2, 0.25) is 0 Å². The molecule has 0 spiro atoms. The first kappa shape index (κ1) is 13.4. The molecule has 0 aliphatic rings. The van der Waals surface area contributed by atoms with Crippen LogP contribution in [0, 0.1) is 5.92 Å². The number of aromatic carboxylic acids is 1. The zero-order valence-electron chi connectivity index (χ0n) is 10.1. The molecule has 1 rings (SSSR count). The lowest BCUT2D eigenvalue weighted by atomic mass is 10.0. The standard InChI is InChI=1S/C12H18N2O3/c1-3-8(2)10(15)7-13-11-6-4-5-9(14-11)12(16)17/h4-6,8,10,15H,3,7H2,1-2H3,(H,13,14)(H,16,17). The van der Waals surface area contributed by atoms with E-state index in [4.69, 9.17) is 5.11 Å². The highest BCUT2D eigenvalue weighted by Crippen LogP contribution is 2.09. The van der Waals surface area contributed by atoms with Gasteiger partial charge in [0.05, 0.1) is 6.10 Å². The zero-order valence-corrected chi connectivity index (χ0v) is 10.1. The van der Waals surface area contributed by atoms with Crippen LogP contribution >= 0.6 is 0 Å². The number of rotatable bonds is 6. The topological polar surface area (TPSA) is 82.5 Å². The van der Waals surface area contributed by atoms with Crippen LogP contribution in [0.25, 0.3) is 0 Å². The van der Waals surface area contributed by atoms with E-state index in [0.717, 1.165) is 6.42 Å². The van der Waals surface area contributed by atoms with Gasteiger partial charge in [-0.2, -0.15) is 0 Å². The summed E-state index contributed by atoms with van der Waals surface area (Å²) in [5.74, 6) is -0.395. The van der Waals surface area contributed by atoms with Crippen LogP contribution in [0.4, 0.5) is 5.82 Å². The largest absolute Gasteiger partial charge is 0.477 e. The summed E-state index contributed by atoms with van der Waals surface area (Å²) >= 11 is 0. The Kier molecular flexibility index (Phi) is 4.90. The highest BCUT2D eigenvalue weighted by Gasteiger charge is 2.12. The van der Waals surface area contributed by atoms with E-state index in [1.54, 1.807) is 12.1 Å². The Bertz CT molecular complexity index is 382. The smallest absolute Gasteiger partial charge is 0.354 e. The maximum atomic E-state index is 10.7. The van der Waals surface area contributed by atoms with Crippen LogP contribution in [0.3, 0.4) is 0 Å². The number of aliphatic hydroxyl groups excluding tert-OH is 1. The van der Waals surface area contributed by atoms with Crippen molar-refractivity contribution in [1.29, 1.82) is 0 Å². The molecule has 1 aromatic heterocycles. The molecular formula is C12H18N2O3. The minimum atomic E-state index is -1.06. The number of carboxylic acids is 1. The highest BCUT2D eigenvalue weighted by atomic mass is 16.4. The van der Waals surface area contributed by atoms with Crippen molar-refractivity contribution >= 4 is 11.8 Å². The highest BCUT2D eigenvalue weighted by molar-refractivity contribution is 5.85. The van der Waals surface area contributed by atoms with Gasteiger partial charge in [-0.15, -0.1) is 0 Å². The summed E-state index contributed by atoms with van der Waals surface area (Å²) in [7, 11) is 0. The quantitative estimate of drug-likeness (QED) is 0.701. The van der Waals surface area contributed by atoms with Crippen molar-refractivity contribution in [3.63, 3.8) is 0 Å². The van der Waals surface area contributed by atoms with Crippen molar-refractivity contribution in [2.75, 3.05) is 11.9 Å². The van der Waals surface area contributed by atoms with Crippen molar-refractivity contribution in [1.82, 2.24) is 4.98 Å². The van der Waals surface area contributed by atoms with Gasteiger partial charge in [-0.05, 0) is 18.1 Å². The Morgan fingerprint density at radius 1 is 1.53 bits per heavy atom. The minimum Gasteiger partial charge on any atom is -0.477 e. The van der Waals surface area contributed by atoms with Gasteiger partial charge in [-0.1, -0.05) is 26.3 Å². The molecule has 0 fully saturated rings. The Hall–Kier alpha value is -1.62. The number of carboxylic acid groups (broad SMARTS) is 1. The third kappa shape index (κ3) is 4.03. The van der Waals surface area contributed by atoms with E-state index < -0.39 is 12.1 Å². The maximum Gasteiger partial charge on any atom is 0.354 e.